The van der Waals surface area contributed by atoms with Crippen LogP contribution in [0, 0.1) is 10.1 Å². The van der Waals surface area contributed by atoms with Crippen molar-refractivity contribution in [2.75, 3.05) is 0 Å². The molecule has 0 aliphatic rings. The van der Waals surface area contributed by atoms with Gasteiger partial charge in [-0.25, -0.2) is 0 Å². The molecule has 1 heterocycles. The van der Waals surface area contributed by atoms with Gasteiger partial charge in [-0.2, -0.15) is 0 Å². The first kappa shape index (κ1) is 15.6. The van der Waals surface area contributed by atoms with E-state index >= 15 is 0 Å². The van der Waals surface area contributed by atoms with Crippen molar-refractivity contribution in [3.8, 4) is 0 Å². The number of hydrogen-bond acceptors (Lipinski definition) is 6. The number of carbonyl (C=O) groups excluding carboxylic acids is 1. The van der Waals surface area contributed by atoms with E-state index in [2.05, 4.69) is 36.9 Å². The van der Waals surface area contributed by atoms with Crippen molar-refractivity contribution in [2.24, 2.45) is 0 Å². The predicted octanol–water partition coefficient (Wildman–Crippen LogP) is 1.70. The van der Waals surface area contributed by atoms with Crippen LogP contribution in [0.15, 0.2) is 40.8 Å². The van der Waals surface area contributed by atoms with Crippen molar-refractivity contribution in [2.45, 2.75) is 6.92 Å². The van der Waals surface area contributed by atoms with Crippen LogP contribution in [0.1, 0.15) is 17.3 Å². The third kappa shape index (κ3) is 4.12. The van der Waals surface area contributed by atoms with Crippen molar-refractivity contribution in [1.29, 1.82) is 0 Å². The third-order valence-electron chi connectivity index (χ3n) is 2.47. The number of nitro groups is 1. The minimum absolute atomic E-state index is 0.315. The number of hydrogen-bond donors (Lipinski definition) is 2. The zero-order chi connectivity index (χ0) is 16.1. The van der Waals surface area contributed by atoms with E-state index in [0.717, 1.165) is 4.47 Å². The fraction of sp³-hybridized carbons (Fsp3) is 0.0833. The van der Waals surface area contributed by atoms with E-state index in [4.69, 9.17) is 0 Å². The number of carbonyl (C=O) groups is 1. The average molecular weight is 367 g/mol. The highest BCUT2D eigenvalue weighted by molar-refractivity contribution is 9.10. The average Bonchev–Trinajstić information content (AvgIpc) is 2.94. The SMILES string of the molecule is C/C(=C\n1cnc([N+](=O)[O-])n1)NNC(=O)c1ccc(Br)cc1. The molecule has 2 N–H and O–H groups in total. The number of nitrogens with one attached hydrogen (secondary N) is 2. The smallest absolute Gasteiger partial charge is 0.390 e. The first-order valence-electron chi connectivity index (χ1n) is 6.01. The molecule has 0 atom stereocenters. The molecule has 22 heavy (non-hydrogen) atoms. The molecule has 0 spiro atoms. The molecule has 2 rings (SSSR count). The van der Waals surface area contributed by atoms with Gasteiger partial charge in [0.05, 0.1) is 6.20 Å². The fourth-order valence-corrected chi connectivity index (χ4v) is 1.74. The molecule has 1 aromatic carbocycles. The third-order valence-corrected chi connectivity index (χ3v) is 2.99. The molecule has 114 valence electrons. The Labute approximate surface area is 133 Å². The van der Waals surface area contributed by atoms with Crippen LogP contribution in [0.4, 0.5) is 5.95 Å². The van der Waals surface area contributed by atoms with E-state index in [-0.39, 0.29) is 5.91 Å². The van der Waals surface area contributed by atoms with Crippen LogP contribution in [0.25, 0.3) is 6.20 Å². The Morgan fingerprint density at radius 2 is 2.05 bits per heavy atom. The Bertz CT molecular complexity index is 725. The first-order chi connectivity index (χ1) is 10.5. The molecule has 10 heteroatoms. The summed E-state index contributed by atoms with van der Waals surface area (Å²) in [5.41, 5.74) is 6.18. The molecular weight excluding hydrogens is 356 g/mol. The second-order valence-corrected chi connectivity index (χ2v) is 5.10. The van der Waals surface area contributed by atoms with Gasteiger partial charge in [0.2, 0.25) is 6.33 Å². The van der Waals surface area contributed by atoms with Gasteiger partial charge in [0.25, 0.3) is 5.91 Å². The topological polar surface area (TPSA) is 115 Å². The second-order valence-electron chi connectivity index (χ2n) is 4.18. The first-order valence-corrected chi connectivity index (χ1v) is 6.81. The highest BCUT2D eigenvalue weighted by Crippen LogP contribution is 2.10. The molecule has 1 amide bonds. The summed E-state index contributed by atoms with van der Waals surface area (Å²) in [4.78, 5) is 25.1. The van der Waals surface area contributed by atoms with Crippen LogP contribution in [-0.2, 0) is 0 Å². The Morgan fingerprint density at radius 1 is 1.36 bits per heavy atom. The number of allylic oxidation sites excluding steroid dienone is 1. The van der Waals surface area contributed by atoms with Crippen LogP contribution in [-0.4, -0.2) is 25.6 Å². The van der Waals surface area contributed by atoms with Crippen molar-refractivity contribution in [3.63, 3.8) is 0 Å². The van der Waals surface area contributed by atoms with E-state index < -0.39 is 10.9 Å². The van der Waals surface area contributed by atoms with E-state index in [1.807, 2.05) is 0 Å². The molecule has 0 saturated carbocycles. The lowest BCUT2D eigenvalue weighted by Crippen LogP contribution is -2.36. The summed E-state index contributed by atoms with van der Waals surface area (Å²) in [6.07, 6.45) is 2.64. The summed E-state index contributed by atoms with van der Waals surface area (Å²) >= 11 is 3.29. The van der Waals surface area contributed by atoms with Crippen LogP contribution >= 0.6 is 15.9 Å². The zero-order valence-corrected chi connectivity index (χ0v) is 12.9. The zero-order valence-electron chi connectivity index (χ0n) is 11.4. The molecule has 0 unspecified atom stereocenters. The lowest BCUT2D eigenvalue weighted by Gasteiger charge is -2.08. The minimum atomic E-state index is -0.692. The summed E-state index contributed by atoms with van der Waals surface area (Å²) < 4.78 is 2.05. The maximum atomic E-state index is 11.9. The van der Waals surface area contributed by atoms with E-state index in [0.29, 0.717) is 11.3 Å². The number of rotatable bonds is 5. The normalized spacial score (nSPS) is 11.1. The monoisotopic (exact) mass is 366 g/mol. The number of halogens is 1. The van der Waals surface area contributed by atoms with E-state index in [9.17, 15) is 14.9 Å². The van der Waals surface area contributed by atoms with Gasteiger partial charge in [-0.05, 0) is 36.1 Å². The van der Waals surface area contributed by atoms with Gasteiger partial charge < -0.3 is 15.5 Å². The number of aromatic nitrogens is 3. The summed E-state index contributed by atoms with van der Waals surface area (Å²) in [7, 11) is 0. The van der Waals surface area contributed by atoms with Gasteiger partial charge in [-0.15, -0.1) is 4.68 Å². The van der Waals surface area contributed by atoms with Crippen molar-refractivity contribution < 1.29 is 9.72 Å². The summed E-state index contributed by atoms with van der Waals surface area (Å²) in [5.74, 6) is -0.812. The quantitative estimate of drug-likeness (QED) is 0.614. The predicted molar refractivity (Wildman–Crippen MR) is 81.4 cm³/mol. The molecule has 0 bridgehead atoms. The Balaban J connectivity index is 1.95. The van der Waals surface area contributed by atoms with Gasteiger partial charge >= 0.3 is 5.95 Å². The molecule has 1 aromatic heterocycles. The summed E-state index contributed by atoms with van der Waals surface area (Å²) in [6.45, 7) is 1.66. The molecule has 0 aliphatic carbocycles. The lowest BCUT2D eigenvalue weighted by molar-refractivity contribution is -0.394. The summed E-state index contributed by atoms with van der Waals surface area (Å²) in [5, 5.41) is 14.1. The minimum Gasteiger partial charge on any atom is -0.390 e. The van der Waals surface area contributed by atoms with Gasteiger partial charge in [-0.1, -0.05) is 20.9 Å². The van der Waals surface area contributed by atoms with Gasteiger partial charge in [-0.3, -0.25) is 10.2 Å². The highest BCUT2D eigenvalue weighted by atomic mass is 79.9. The Morgan fingerprint density at radius 3 is 2.64 bits per heavy atom. The molecule has 0 aliphatic heterocycles. The number of benzene rings is 1. The van der Waals surface area contributed by atoms with E-state index in [1.165, 1.54) is 17.2 Å². The van der Waals surface area contributed by atoms with Gasteiger partial charge in [0, 0.05) is 20.8 Å². The standard InChI is InChI=1S/C12H11BrN6O3/c1-8(6-18-7-14-12(17-18)19(21)22)15-16-11(20)9-2-4-10(13)5-3-9/h2-7,15H,1H3,(H,16,20)/b8-6+. The van der Waals surface area contributed by atoms with Crippen LogP contribution < -0.4 is 10.9 Å². The molecule has 0 fully saturated rings. The largest absolute Gasteiger partial charge is 0.491 e. The lowest BCUT2D eigenvalue weighted by atomic mass is 10.2. The van der Waals surface area contributed by atoms with Crippen LogP contribution in [0.3, 0.4) is 0 Å². The van der Waals surface area contributed by atoms with Crippen molar-refractivity contribution in [1.82, 2.24) is 25.6 Å². The highest BCUT2D eigenvalue weighted by Gasteiger charge is 2.11. The fourth-order valence-electron chi connectivity index (χ4n) is 1.47. The Kier molecular flexibility index (Phi) is 4.84. The summed E-state index contributed by atoms with van der Waals surface area (Å²) in [6, 6.07) is 6.85. The maximum Gasteiger partial charge on any atom is 0.491 e. The van der Waals surface area contributed by atoms with Gasteiger partial charge in [0.1, 0.15) is 0 Å². The number of hydrazine groups is 1. The van der Waals surface area contributed by atoms with Crippen LogP contribution in [0.5, 0.6) is 0 Å². The molecule has 0 radical (unpaired) electrons. The molecular formula is C12H11BrN6O3. The van der Waals surface area contributed by atoms with Crippen LogP contribution in [0.2, 0.25) is 0 Å². The molecule has 9 nitrogen and oxygen atoms in total. The number of amides is 1. The van der Waals surface area contributed by atoms with Crippen molar-refractivity contribution >= 4 is 34.0 Å². The molecule has 2 aromatic rings. The maximum absolute atomic E-state index is 11.9. The van der Waals surface area contributed by atoms with E-state index in [1.54, 1.807) is 31.2 Å². The molecule has 0 saturated heterocycles. The second kappa shape index (κ2) is 6.80. The Hall–Kier alpha value is -2.75. The van der Waals surface area contributed by atoms with Gasteiger partial charge in [0.15, 0.2) is 0 Å². The number of nitrogens with zero attached hydrogens (tertiary/aromatic N) is 4. The van der Waals surface area contributed by atoms with Crippen molar-refractivity contribution in [3.05, 3.63) is 56.4 Å².